The minimum absolute atomic E-state index is 0.00318. The molecule has 2 aromatic rings. The summed E-state index contributed by atoms with van der Waals surface area (Å²) < 4.78 is 0. The van der Waals surface area contributed by atoms with Gasteiger partial charge in [0, 0.05) is 15.7 Å². The summed E-state index contributed by atoms with van der Waals surface area (Å²) in [7, 11) is 0. The van der Waals surface area contributed by atoms with Crippen LogP contribution >= 0.6 is 23.2 Å². The summed E-state index contributed by atoms with van der Waals surface area (Å²) in [5.41, 5.74) is 9.25. The van der Waals surface area contributed by atoms with Gasteiger partial charge in [0.05, 0.1) is 12.6 Å². The van der Waals surface area contributed by atoms with E-state index in [0.29, 0.717) is 22.5 Å². The molecule has 1 aliphatic heterocycles. The molecule has 0 fully saturated rings. The van der Waals surface area contributed by atoms with Crippen LogP contribution in [0.4, 0.5) is 5.69 Å². The molecule has 0 saturated heterocycles. The fourth-order valence-corrected chi connectivity index (χ4v) is 3.13. The molecule has 0 aliphatic carbocycles. The van der Waals surface area contributed by atoms with Crippen LogP contribution in [0.25, 0.3) is 0 Å². The summed E-state index contributed by atoms with van der Waals surface area (Å²) in [5.74, 6) is 0.511. The Morgan fingerprint density at radius 3 is 2.71 bits per heavy atom. The van der Waals surface area contributed by atoms with Crippen molar-refractivity contribution in [2.75, 3.05) is 11.4 Å². The molecule has 108 valence electrons. The van der Waals surface area contributed by atoms with E-state index in [-0.39, 0.29) is 6.04 Å². The minimum atomic E-state index is -0.00318. The van der Waals surface area contributed by atoms with E-state index < -0.39 is 0 Å². The van der Waals surface area contributed by atoms with Gasteiger partial charge in [-0.15, -0.1) is 0 Å². The molecule has 1 heterocycles. The maximum atomic E-state index is 6.34. The third-order valence-corrected chi connectivity index (χ3v) is 4.15. The first kappa shape index (κ1) is 14.2. The molecular weight excluding hydrogens is 305 g/mol. The van der Waals surface area contributed by atoms with Crippen LogP contribution in [0.1, 0.15) is 17.2 Å². The van der Waals surface area contributed by atoms with E-state index in [4.69, 9.17) is 28.9 Å². The maximum Gasteiger partial charge on any atom is 0.196 e. The molecular formula is C16H15Cl2N3. The molecule has 0 amide bonds. The van der Waals surface area contributed by atoms with Crippen molar-refractivity contribution < 1.29 is 0 Å². The van der Waals surface area contributed by atoms with E-state index in [1.807, 2.05) is 29.2 Å². The fourth-order valence-electron chi connectivity index (χ4n) is 2.60. The Bertz CT molecular complexity index is 712. The van der Waals surface area contributed by atoms with Crippen molar-refractivity contribution in [2.24, 2.45) is 10.7 Å². The zero-order chi connectivity index (χ0) is 15.0. The zero-order valence-electron chi connectivity index (χ0n) is 11.6. The van der Waals surface area contributed by atoms with Gasteiger partial charge in [0.25, 0.3) is 0 Å². The number of anilines is 1. The van der Waals surface area contributed by atoms with Crippen molar-refractivity contribution in [2.45, 2.75) is 13.0 Å². The summed E-state index contributed by atoms with van der Waals surface area (Å²) in [5, 5.41) is 1.26. The third-order valence-electron chi connectivity index (χ3n) is 3.59. The van der Waals surface area contributed by atoms with Gasteiger partial charge in [0.1, 0.15) is 0 Å². The van der Waals surface area contributed by atoms with Crippen molar-refractivity contribution in [1.29, 1.82) is 0 Å². The van der Waals surface area contributed by atoms with Gasteiger partial charge in [0.2, 0.25) is 0 Å². The third kappa shape index (κ3) is 2.71. The molecule has 1 aliphatic rings. The molecule has 0 saturated carbocycles. The number of rotatable bonds is 2. The Balaban J connectivity index is 2.03. The molecule has 0 radical (unpaired) electrons. The lowest BCUT2D eigenvalue weighted by Crippen LogP contribution is -2.36. The van der Waals surface area contributed by atoms with Gasteiger partial charge in [-0.05, 0) is 42.3 Å². The van der Waals surface area contributed by atoms with Gasteiger partial charge in [0.15, 0.2) is 5.96 Å². The highest BCUT2D eigenvalue weighted by Crippen LogP contribution is 2.35. The van der Waals surface area contributed by atoms with Crippen molar-refractivity contribution in [3.05, 3.63) is 63.6 Å². The summed E-state index contributed by atoms with van der Waals surface area (Å²) in [6, 6.07) is 13.7. The number of aliphatic imine (C=N–C) groups is 1. The second-order valence-electron chi connectivity index (χ2n) is 5.09. The van der Waals surface area contributed by atoms with Crippen LogP contribution in [-0.4, -0.2) is 12.5 Å². The smallest absolute Gasteiger partial charge is 0.196 e. The molecule has 2 aromatic carbocycles. The van der Waals surface area contributed by atoms with Crippen LogP contribution in [0, 0.1) is 6.92 Å². The molecule has 5 heteroatoms. The number of benzene rings is 2. The maximum absolute atomic E-state index is 6.34. The molecule has 0 aromatic heterocycles. The topological polar surface area (TPSA) is 41.6 Å². The average molecular weight is 320 g/mol. The highest BCUT2D eigenvalue weighted by atomic mass is 35.5. The fraction of sp³-hybridized carbons (Fsp3) is 0.188. The van der Waals surface area contributed by atoms with Crippen LogP contribution in [0.3, 0.4) is 0 Å². The molecule has 0 bridgehead atoms. The van der Waals surface area contributed by atoms with Gasteiger partial charge < -0.3 is 10.6 Å². The predicted octanol–water partition coefficient (Wildman–Crippen LogP) is 4.18. The molecule has 3 rings (SSSR count). The van der Waals surface area contributed by atoms with Crippen LogP contribution in [0.2, 0.25) is 10.0 Å². The zero-order valence-corrected chi connectivity index (χ0v) is 13.1. The second kappa shape index (κ2) is 5.58. The van der Waals surface area contributed by atoms with Crippen molar-refractivity contribution in [3.63, 3.8) is 0 Å². The first-order chi connectivity index (χ1) is 10.1. The highest BCUT2D eigenvalue weighted by Gasteiger charge is 2.30. The number of aryl methyl sites for hydroxylation is 1. The Morgan fingerprint density at radius 1 is 1.19 bits per heavy atom. The van der Waals surface area contributed by atoms with Crippen LogP contribution in [0.5, 0.6) is 0 Å². The number of hydrogen-bond acceptors (Lipinski definition) is 3. The monoisotopic (exact) mass is 319 g/mol. The number of nitrogens with zero attached hydrogens (tertiary/aromatic N) is 2. The van der Waals surface area contributed by atoms with E-state index >= 15 is 0 Å². The van der Waals surface area contributed by atoms with Gasteiger partial charge >= 0.3 is 0 Å². The number of nitrogens with two attached hydrogens (primary N) is 1. The Morgan fingerprint density at radius 2 is 2.00 bits per heavy atom. The summed E-state index contributed by atoms with van der Waals surface area (Å²) >= 11 is 12.3. The first-order valence-electron chi connectivity index (χ1n) is 6.67. The largest absolute Gasteiger partial charge is 0.369 e. The average Bonchev–Trinajstić information content (AvgIpc) is 2.80. The van der Waals surface area contributed by atoms with E-state index in [9.17, 15) is 0 Å². The summed E-state index contributed by atoms with van der Waals surface area (Å²) in [6.07, 6.45) is 0. The molecule has 2 N–H and O–H groups in total. The standard InChI is InChI=1S/C16H15Cl2N3/c1-10-3-2-4-12(7-10)21-15(9-20-16(21)19)13-6-5-11(17)8-14(13)18/h2-8,15H,9H2,1H3,(H2,19,20). The molecule has 1 unspecified atom stereocenters. The van der Waals surface area contributed by atoms with E-state index in [1.54, 1.807) is 6.07 Å². The highest BCUT2D eigenvalue weighted by molar-refractivity contribution is 6.35. The van der Waals surface area contributed by atoms with Crippen molar-refractivity contribution in [3.8, 4) is 0 Å². The Labute approximate surface area is 134 Å². The van der Waals surface area contributed by atoms with Crippen LogP contribution < -0.4 is 10.6 Å². The van der Waals surface area contributed by atoms with Gasteiger partial charge in [-0.1, -0.05) is 41.4 Å². The minimum Gasteiger partial charge on any atom is -0.369 e. The molecule has 21 heavy (non-hydrogen) atoms. The normalized spacial score (nSPS) is 18.0. The number of halogens is 2. The molecule has 1 atom stereocenters. The van der Waals surface area contributed by atoms with Gasteiger partial charge in [-0.25, -0.2) is 0 Å². The van der Waals surface area contributed by atoms with Crippen molar-refractivity contribution >= 4 is 34.8 Å². The van der Waals surface area contributed by atoms with Gasteiger partial charge in [-0.2, -0.15) is 0 Å². The number of guanidine groups is 1. The Kier molecular flexibility index (Phi) is 3.79. The van der Waals surface area contributed by atoms with Crippen LogP contribution in [0.15, 0.2) is 47.5 Å². The van der Waals surface area contributed by atoms with Gasteiger partial charge in [-0.3, -0.25) is 4.99 Å². The molecule has 3 nitrogen and oxygen atoms in total. The number of hydrogen-bond donors (Lipinski definition) is 1. The lowest BCUT2D eigenvalue weighted by atomic mass is 10.1. The quantitative estimate of drug-likeness (QED) is 0.902. The van der Waals surface area contributed by atoms with Crippen molar-refractivity contribution in [1.82, 2.24) is 0 Å². The lowest BCUT2D eigenvalue weighted by Gasteiger charge is -2.27. The van der Waals surface area contributed by atoms with E-state index in [2.05, 4.69) is 24.0 Å². The molecule has 0 spiro atoms. The van der Waals surface area contributed by atoms with E-state index in [0.717, 1.165) is 11.3 Å². The lowest BCUT2D eigenvalue weighted by molar-refractivity contribution is 0.769. The Hall–Kier alpha value is -1.71. The predicted molar refractivity (Wildman–Crippen MR) is 89.4 cm³/mol. The van der Waals surface area contributed by atoms with Crippen LogP contribution in [-0.2, 0) is 0 Å². The second-order valence-corrected chi connectivity index (χ2v) is 5.93. The van der Waals surface area contributed by atoms with E-state index in [1.165, 1.54) is 5.56 Å². The summed E-state index contributed by atoms with van der Waals surface area (Å²) in [6.45, 7) is 2.64. The first-order valence-corrected chi connectivity index (χ1v) is 7.42. The SMILES string of the molecule is Cc1cccc(N2C(N)=NCC2c2ccc(Cl)cc2Cl)c1. The summed E-state index contributed by atoms with van der Waals surface area (Å²) in [4.78, 5) is 6.39.